The highest BCUT2D eigenvalue weighted by Gasteiger charge is 2.23. The lowest BCUT2D eigenvalue weighted by Gasteiger charge is -2.33. The molecule has 6 nitrogen and oxygen atoms in total. The van der Waals surface area contributed by atoms with E-state index in [0.29, 0.717) is 30.9 Å². The summed E-state index contributed by atoms with van der Waals surface area (Å²) in [5.74, 6) is 1.90. The van der Waals surface area contributed by atoms with Crippen LogP contribution in [0.2, 0.25) is 0 Å². The number of likely N-dealkylation sites (tertiary alicyclic amines) is 1. The summed E-state index contributed by atoms with van der Waals surface area (Å²) in [7, 11) is 0. The van der Waals surface area contributed by atoms with Gasteiger partial charge in [-0.3, -0.25) is 4.90 Å². The van der Waals surface area contributed by atoms with Gasteiger partial charge in [0.2, 0.25) is 5.88 Å². The summed E-state index contributed by atoms with van der Waals surface area (Å²) >= 11 is 0. The van der Waals surface area contributed by atoms with Gasteiger partial charge in [0, 0.05) is 31.4 Å². The highest BCUT2D eigenvalue weighted by molar-refractivity contribution is 5.73. The molecule has 2 heterocycles. The Morgan fingerprint density at radius 2 is 1.93 bits per heavy atom. The minimum absolute atomic E-state index is 0.116. The predicted molar refractivity (Wildman–Crippen MR) is 111 cm³/mol. The third kappa shape index (κ3) is 6.97. The van der Waals surface area contributed by atoms with E-state index in [1.807, 2.05) is 12.1 Å². The van der Waals surface area contributed by atoms with Gasteiger partial charge in [0.1, 0.15) is 0 Å². The molecule has 0 spiro atoms. The number of carbonyl (C=O) groups is 1. The van der Waals surface area contributed by atoms with E-state index in [-0.39, 0.29) is 6.03 Å². The summed E-state index contributed by atoms with van der Waals surface area (Å²) in [6.45, 7) is 8.70. The Hall–Kier alpha value is -1.82. The Bertz CT molecular complexity index is 593. The number of hydrogen-bond acceptors (Lipinski definition) is 4. The van der Waals surface area contributed by atoms with Crippen molar-refractivity contribution in [1.29, 1.82) is 0 Å². The number of aromatic nitrogens is 1. The van der Waals surface area contributed by atoms with Gasteiger partial charge in [-0.15, -0.1) is 0 Å². The van der Waals surface area contributed by atoms with Crippen molar-refractivity contribution in [1.82, 2.24) is 20.5 Å². The second-order valence-corrected chi connectivity index (χ2v) is 8.58. The van der Waals surface area contributed by atoms with Crippen LogP contribution in [0.15, 0.2) is 18.3 Å². The van der Waals surface area contributed by atoms with Gasteiger partial charge in [-0.05, 0) is 56.2 Å². The Kier molecular flexibility index (Phi) is 7.95. The molecule has 1 saturated heterocycles. The molecule has 1 aromatic heterocycles. The topological polar surface area (TPSA) is 66.5 Å². The monoisotopic (exact) mass is 388 g/mol. The van der Waals surface area contributed by atoms with Gasteiger partial charge in [0.25, 0.3) is 0 Å². The molecule has 1 saturated carbocycles. The van der Waals surface area contributed by atoms with Crippen LogP contribution >= 0.6 is 0 Å². The van der Waals surface area contributed by atoms with E-state index >= 15 is 0 Å². The lowest BCUT2D eigenvalue weighted by Crippen LogP contribution is -2.49. The predicted octanol–water partition coefficient (Wildman–Crippen LogP) is 3.57. The fraction of sp³-hybridized carbons (Fsp3) is 0.727. The van der Waals surface area contributed by atoms with Crippen molar-refractivity contribution >= 4 is 6.03 Å². The molecular formula is C22H36N4O2. The summed E-state index contributed by atoms with van der Waals surface area (Å²) < 4.78 is 5.65. The molecule has 0 aromatic carbocycles. The Morgan fingerprint density at radius 3 is 2.54 bits per heavy atom. The van der Waals surface area contributed by atoms with Crippen LogP contribution in [0.1, 0.15) is 57.9 Å². The third-order valence-electron chi connectivity index (χ3n) is 5.77. The number of urea groups is 1. The van der Waals surface area contributed by atoms with Gasteiger partial charge in [-0.25, -0.2) is 9.78 Å². The van der Waals surface area contributed by atoms with Crippen LogP contribution in [-0.2, 0) is 6.54 Å². The molecule has 28 heavy (non-hydrogen) atoms. The van der Waals surface area contributed by atoms with Crippen LogP contribution in [0.25, 0.3) is 0 Å². The summed E-state index contributed by atoms with van der Waals surface area (Å²) in [4.78, 5) is 19.1. The van der Waals surface area contributed by atoms with Crippen molar-refractivity contribution in [3.63, 3.8) is 0 Å². The third-order valence-corrected chi connectivity index (χ3v) is 5.77. The van der Waals surface area contributed by atoms with E-state index < -0.39 is 0 Å². The first kappa shape index (κ1) is 20.9. The van der Waals surface area contributed by atoms with Crippen LogP contribution < -0.4 is 15.4 Å². The van der Waals surface area contributed by atoms with Crippen molar-refractivity contribution < 1.29 is 9.53 Å². The van der Waals surface area contributed by atoms with E-state index in [0.717, 1.165) is 31.2 Å². The van der Waals surface area contributed by atoms with Crippen molar-refractivity contribution in [2.75, 3.05) is 26.2 Å². The number of amides is 2. The first-order chi connectivity index (χ1) is 13.6. The highest BCUT2D eigenvalue weighted by Crippen LogP contribution is 2.29. The molecule has 156 valence electrons. The van der Waals surface area contributed by atoms with Crippen molar-refractivity contribution in [3.8, 4) is 5.88 Å². The standard InChI is InChI=1S/C22H36N4O2/c1-17(2)20(26-11-5-3-4-6-12-26)15-25-22(27)24-14-19-9-10-21(23-13-19)28-16-18-7-8-18/h9-10,13,17-18,20H,3-8,11-12,14-16H2,1-2H3,(H2,24,25,27)/t20-/m1/s1. The molecular weight excluding hydrogens is 352 g/mol. The first-order valence-electron chi connectivity index (χ1n) is 11.0. The molecule has 2 N–H and O–H groups in total. The molecule has 2 amide bonds. The number of nitrogens with one attached hydrogen (secondary N) is 2. The minimum Gasteiger partial charge on any atom is -0.477 e. The second-order valence-electron chi connectivity index (χ2n) is 8.58. The van der Waals surface area contributed by atoms with E-state index in [4.69, 9.17) is 4.74 Å². The molecule has 6 heteroatoms. The van der Waals surface area contributed by atoms with E-state index in [9.17, 15) is 4.79 Å². The summed E-state index contributed by atoms with van der Waals surface area (Å²) in [6, 6.07) is 4.12. The van der Waals surface area contributed by atoms with Crippen LogP contribution in [0, 0.1) is 11.8 Å². The number of carbonyl (C=O) groups excluding carboxylic acids is 1. The first-order valence-corrected chi connectivity index (χ1v) is 11.0. The minimum atomic E-state index is -0.116. The number of nitrogens with zero attached hydrogens (tertiary/aromatic N) is 2. The lowest BCUT2D eigenvalue weighted by atomic mass is 10.0. The van der Waals surface area contributed by atoms with E-state index in [1.54, 1.807) is 6.20 Å². The second kappa shape index (κ2) is 10.6. The molecule has 1 aromatic rings. The summed E-state index contributed by atoms with van der Waals surface area (Å²) in [5.41, 5.74) is 0.974. The molecule has 0 radical (unpaired) electrons. The zero-order valence-corrected chi connectivity index (χ0v) is 17.5. The SMILES string of the molecule is CC(C)[C@@H](CNC(=O)NCc1ccc(OCC2CC2)nc1)N1CCCCCC1. The zero-order chi connectivity index (χ0) is 19.8. The Balaban J connectivity index is 1.38. The maximum absolute atomic E-state index is 12.3. The molecule has 0 unspecified atom stereocenters. The van der Waals surface area contributed by atoms with Gasteiger partial charge in [-0.2, -0.15) is 0 Å². The molecule has 2 aliphatic rings. The Morgan fingerprint density at radius 1 is 1.18 bits per heavy atom. The van der Waals surface area contributed by atoms with Gasteiger partial charge in [0.15, 0.2) is 0 Å². The quantitative estimate of drug-likeness (QED) is 0.679. The fourth-order valence-electron chi connectivity index (χ4n) is 3.74. The lowest BCUT2D eigenvalue weighted by molar-refractivity contribution is 0.157. The largest absolute Gasteiger partial charge is 0.477 e. The van der Waals surface area contributed by atoms with Crippen LogP contribution in [0.3, 0.4) is 0 Å². The smallest absolute Gasteiger partial charge is 0.315 e. The summed E-state index contributed by atoms with van der Waals surface area (Å²) in [5, 5.41) is 6.01. The molecule has 1 aliphatic heterocycles. The maximum atomic E-state index is 12.3. The van der Waals surface area contributed by atoms with Crippen molar-refractivity contribution in [3.05, 3.63) is 23.9 Å². The van der Waals surface area contributed by atoms with Crippen LogP contribution in [0.5, 0.6) is 5.88 Å². The summed E-state index contributed by atoms with van der Waals surface area (Å²) in [6.07, 6.45) is 9.50. The van der Waals surface area contributed by atoms with Gasteiger partial charge < -0.3 is 15.4 Å². The maximum Gasteiger partial charge on any atom is 0.315 e. The van der Waals surface area contributed by atoms with Gasteiger partial charge in [-0.1, -0.05) is 32.8 Å². The van der Waals surface area contributed by atoms with Crippen molar-refractivity contribution in [2.45, 2.75) is 65.0 Å². The molecule has 0 bridgehead atoms. The van der Waals surface area contributed by atoms with Crippen LogP contribution in [0.4, 0.5) is 4.79 Å². The van der Waals surface area contributed by atoms with Gasteiger partial charge >= 0.3 is 6.03 Å². The normalized spacial score (nSPS) is 19.1. The van der Waals surface area contributed by atoms with E-state index in [1.165, 1.54) is 38.5 Å². The highest BCUT2D eigenvalue weighted by atomic mass is 16.5. The molecule has 1 atom stereocenters. The van der Waals surface area contributed by atoms with Crippen molar-refractivity contribution in [2.24, 2.45) is 11.8 Å². The molecule has 3 rings (SSSR count). The average Bonchev–Trinajstić information content (AvgIpc) is 3.53. The fourth-order valence-corrected chi connectivity index (χ4v) is 3.74. The zero-order valence-electron chi connectivity index (χ0n) is 17.5. The molecule has 1 aliphatic carbocycles. The van der Waals surface area contributed by atoms with E-state index in [2.05, 4.69) is 34.4 Å². The number of pyridine rings is 1. The number of ether oxygens (including phenoxy) is 1. The average molecular weight is 389 g/mol. The van der Waals surface area contributed by atoms with Crippen LogP contribution in [-0.4, -0.2) is 48.2 Å². The number of hydrogen-bond donors (Lipinski definition) is 2. The number of rotatable bonds is 9. The Labute approximate surface area is 169 Å². The van der Waals surface area contributed by atoms with Gasteiger partial charge in [0.05, 0.1) is 6.61 Å². The molecule has 2 fully saturated rings.